The van der Waals surface area contributed by atoms with Crippen LogP contribution in [0.3, 0.4) is 0 Å². The summed E-state index contributed by atoms with van der Waals surface area (Å²) < 4.78 is 23.7. The summed E-state index contributed by atoms with van der Waals surface area (Å²) in [5, 5.41) is 3.93. The zero-order chi connectivity index (χ0) is 18.9. The zero-order valence-electron chi connectivity index (χ0n) is 15.1. The summed E-state index contributed by atoms with van der Waals surface area (Å²) in [5.74, 6) is -0.167. The van der Waals surface area contributed by atoms with E-state index >= 15 is 0 Å². The third kappa shape index (κ3) is 4.82. The molecule has 146 valence electrons. The van der Waals surface area contributed by atoms with Crippen molar-refractivity contribution in [2.75, 3.05) is 25.9 Å². The Morgan fingerprint density at radius 2 is 1.96 bits per heavy atom. The van der Waals surface area contributed by atoms with Crippen LogP contribution in [0.15, 0.2) is 47.4 Å². The quantitative estimate of drug-likeness (QED) is 0.814. The Morgan fingerprint density at radius 3 is 2.63 bits per heavy atom. The Bertz CT molecular complexity index is 948. The van der Waals surface area contributed by atoms with E-state index in [9.17, 15) is 13.2 Å². The predicted octanol–water partition coefficient (Wildman–Crippen LogP) is 3.26. The normalized spacial score (nSPS) is 17.3. The van der Waals surface area contributed by atoms with Crippen LogP contribution >= 0.6 is 24.0 Å². The summed E-state index contributed by atoms with van der Waals surface area (Å²) in [6.07, 6.45) is 1.14. The van der Waals surface area contributed by atoms with Crippen LogP contribution in [-0.4, -0.2) is 45.1 Å². The SMILES string of the molecule is Cc1ccc(S(C)(=O)=O)cc1C(=O)N1CCNCC1c1cccc(Cl)c1.Cl. The summed E-state index contributed by atoms with van der Waals surface area (Å²) in [6, 6.07) is 12.0. The van der Waals surface area contributed by atoms with Gasteiger partial charge < -0.3 is 10.2 Å². The van der Waals surface area contributed by atoms with Crippen molar-refractivity contribution < 1.29 is 13.2 Å². The third-order valence-corrected chi connectivity index (χ3v) is 5.95. The molecule has 0 bridgehead atoms. The minimum atomic E-state index is -3.38. The first-order valence-corrected chi connectivity index (χ1v) is 10.6. The fourth-order valence-corrected chi connectivity index (χ4v) is 4.02. The number of aryl methyl sites for hydroxylation is 1. The number of nitrogens with one attached hydrogen (secondary N) is 1. The fourth-order valence-electron chi connectivity index (χ4n) is 3.18. The van der Waals surface area contributed by atoms with Gasteiger partial charge in [-0.2, -0.15) is 0 Å². The minimum absolute atomic E-state index is 0. The molecule has 1 unspecified atom stereocenters. The second kappa shape index (κ2) is 8.61. The maximum absolute atomic E-state index is 13.2. The number of halogens is 2. The van der Waals surface area contributed by atoms with E-state index in [4.69, 9.17) is 11.6 Å². The van der Waals surface area contributed by atoms with Crippen molar-refractivity contribution in [2.24, 2.45) is 0 Å². The summed E-state index contributed by atoms with van der Waals surface area (Å²) in [6.45, 7) is 3.67. The molecule has 2 aromatic rings. The summed E-state index contributed by atoms with van der Waals surface area (Å²) >= 11 is 6.11. The van der Waals surface area contributed by atoms with Crippen LogP contribution in [0.5, 0.6) is 0 Å². The number of hydrogen-bond donors (Lipinski definition) is 1. The first-order valence-electron chi connectivity index (χ1n) is 8.35. The predicted molar refractivity (Wildman–Crippen MR) is 110 cm³/mol. The Kier molecular flexibility index (Phi) is 6.92. The van der Waals surface area contributed by atoms with Crippen molar-refractivity contribution in [3.8, 4) is 0 Å². The third-order valence-electron chi connectivity index (χ3n) is 4.61. The van der Waals surface area contributed by atoms with Gasteiger partial charge in [-0.05, 0) is 42.3 Å². The molecule has 1 N–H and O–H groups in total. The Balaban J connectivity index is 0.00000261. The van der Waals surface area contributed by atoms with Crippen LogP contribution in [0.1, 0.15) is 27.5 Å². The molecular formula is C19H22Cl2N2O3S. The molecule has 0 aromatic heterocycles. The van der Waals surface area contributed by atoms with Gasteiger partial charge in [-0.1, -0.05) is 29.8 Å². The average Bonchev–Trinajstić information content (AvgIpc) is 2.60. The number of benzene rings is 2. The molecule has 1 amide bonds. The molecule has 5 nitrogen and oxygen atoms in total. The molecule has 3 rings (SSSR count). The Morgan fingerprint density at radius 1 is 1.22 bits per heavy atom. The van der Waals surface area contributed by atoms with Crippen molar-refractivity contribution in [3.05, 3.63) is 64.2 Å². The number of nitrogens with zero attached hydrogens (tertiary/aromatic N) is 1. The number of sulfone groups is 1. The maximum atomic E-state index is 13.2. The second-order valence-corrected chi connectivity index (χ2v) is 8.97. The molecule has 1 saturated heterocycles. The van der Waals surface area contributed by atoms with Gasteiger partial charge in [-0.25, -0.2) is 8.42 Å². The van der Waals surface area contributed by atoms with Gasteiger partial charge in [0.15, 0.2) is 9.84 Å². The van der Waals surface area contributed by atoms with E-state index in [1.165, 1.54) is 12.1 Å². The molecule has 1 atom stereocenters. The molecule has 1 aliphatic rings. The van der Waals surface area contributed by atoms with Crippen LogP contribution < -0.4 is 5.32 Å². The monoisotopic (exact) mass is 428 g/mol. The van der Waals surface area contributed by atoms with Crippen LogP contribution in [0, 0.1) is 6.92 Å². The largest absolute Gasteiger partial charge is 0.329 e. The molecule has 27 heavy (non-hydrogen) atoms. The van der Waals surface area contributed by atoms with Gasteiger partial charge >= 0.3 is 0 Å². The highest BCUT2D eigenvalue weighted by Gasteiger charge is 2.30. The van der Waals surface area contributed by atoms with E-state index in [-0.39, 0.29) is 29.3 Å². The number of amides is 1. The number of rotatable bonds is 3. The van der Waals surface area contributed by atoms with Gasteiger partial charge in [0.1, 0.15) is 0 Å². The van der Waals surface area contributed by atoms with Gasteiger partial charge in [0.2, 0.25) is 0 Å². The van der Waals surface area contributed by atoms with Crippen molar-refractivity contribution in [2.45, 2.75) is 17.9 Å². The molecule has 2 aromatic carbocycles. The van der Waals surface area contributed by atoms with Crippen molar-refractivity contribution >= 4 is 39.8 Å². The molecule has 0 radical (unpaired) electrons. The van der Waals surface area contributed by atoms with Gasteiger partial charge in [-0.3, -0.25) is 4.79 Å². The van der Waals surface area contributed by atoms with Gasteiger partial charge in [0, 0.05) is 36.5 Å². The van der Waals surface area contributed by atoms with Gasteiger partial charge in [0.25, 0.3) is 5.91 Å². The van der Waals surface area contributed by atoms with Crippen molar-refractivity contribution in [1.29, 1.82) is 0 Å². The highest BCUT2D eigenvalue weighted by Crippen LogP contribution is 2.27. The summed E-state index contributed by atoms with van der Waals surface area (Å²) in [7, 11) is -3.38. The number of carbonyl (C=O) groups excluding carboxylic acids is 1. The molecule has 8 heteroatoms. The molecule has 1 fully saturated rings. The first-order chi connectivity index (χ1) is 12.3. The maximum Gasteiger partial charge on any atom is 0.254 e. The van der Waals surface area contributed by atoms with E-state index in [1.54, 1.807) is 17.0 Å². The standard InChI is InChI=1S/C19H21ClN2O3S.ClH/c1-13-6-7-16(26(2,24)25)11-17(13)19(23)22-9-8-21-12-18(22)14-4-3-5-15(20)10-14;/h3-7,10-11,18,21H,8-9,12H2,1-2H3;1H. The summed E-state index contributed by atoms with van der Waals surface area (Å²) in [5.41, 5.74) is 2.13. The highest BCUT2D eigenvalue weighted by atomic mass is 35.5. The lowest BCUT2D eigenvalue weighted by molar-refractivity contribution is 0.0633. The lowest BCUT2D eigenvalue weighted by atomic mass is 10.0. The smallest absolute Gasteiger partial charge is 0.254 e. The molecule has 0 aliphatic carbocycles. The van der Waals surface area contributed by atoms with Crippen molar-refractivity contribution in [3.63, 3.8) is 0 Å². The molecular weight excluding hydrogens is 407 g/mol. The lowest BCUT2D eigenvalue weighted by Gasteiger charge is -2.37. The minimum Gasteiger partial charge on any atom is -0.329 e. The number of hydrogen-bond acceptors (Lipinski definition) is 4. The topological polar surface area (TPSA) is 66.5 Å². The lowest BCUT2D eigenvalue weighted by Crippen LogP contribution is -2.48. The highest BCUT2D eigenvalue weighted by molar-refractivity contribution is 7.90. The van der Waals surface area contributed by atoms with E-state index < -0.39 is 9.84 Å². The molecule has 0 saturated carbocycles. The van der Waals surface area contributed by atoms with Crippen LogP contribution in [-0.2, 0) is 9.84 Å². The van der Waals surface area contributed by atoms with E-state index in [1.807, 2.05) is 25.1 Å². The Hall–Kier alpha value is -1.60. The van der Waals surface area contributed by atoms with E-state index in [0.717, 1.165) is 17.4 Å². The van der Waals surface area contributed by atoms with Crippen molar-refractivity contribution in [1.82, 2.24) is 10.2 Å². The molecule has 0 spiro atoms. The first kappa shape index (κ1) is 21.7. The average molecular weight is 429 g/mol. The number of carbonyl (C=O) groups is 1. The van der Waals surface area contributed by atoms with Crippen LogP contribution in [0.4, 0.5) is 0 Å². The number of piperazine rings is 1. The van der Waals surface area contributed by atoms with E-state index in [2.05, 4.69) is 5.32 Å². The molecule has 1 aliphatic heterocycles. The van der Waals surface area contributed by atoms with E-state index in [0.29, 0.717) is 30.2 Å². The van der Waals surface area contributed by atoms with Gasteiger partial charge in [-0.15, -0.1) is 12.4 Å². The van der Waals surface area contributed by atoms with Crippen LogP contribution in [0.25, 0.3) is 0 Å². The summed E-state index contributed by atoms with van der Waals surface area (Å²) in [4.78, 5) is 15.2. The zero-order valence-corrected chi connectivity index (χ0v) is 17.5. The van der Waals surface area contributed by atoms with Gasteiger partial charge in [0.05, 0.1) is 10.9 Å². The van der Waals surface area contributed by atoms with Crippen LogP contribution in [0.2, 0.25) is 5.02 Å². The Labute approximate surface area is 171 Å². The molecule has 1 heterocycles. The fraction of sp³-hybridized carbons (Fsp3) is 0.316. The second-order valence-electron chi connectivity index (χ2n) is 6.52.